The Morgan fingerprint density at radius 3 is 1.10 bits per heavy atom. The number of hydrogen-bond acceptors (Lipinski definition) is 2. The van der Waals surface area contributed by atoms with Crippen molar-refractivity contribution in [1.29, 1.82) is 0 Å². The van der Waals surface area contributed by atoms with Gasteiger partial charge in [0.1, 0.15) is 0 Å². The summed E-state index contributed by atoms with van der Waals surface area (Å²) in [6.07, 6.45) is 25.3. The summed E-state index contributed by atoms with van der Waals surface area (Å²) in [5.74, 6) is 0. The highest BCUT2D eigenvalue weighted by atomic mass is 31.2. The van der Waals surface area contributed by atoms with Crippen LogP contribution in [0.15, 0.2) is 0 Å². The molecule has 0 aromatic heterocycles. The predicted octanol–water partition coefficient (Wildman–Crippen LogP) is 8.70. The van der Waals surface area contributed by atoms with Crippen LogP contribution >= 0.6 is 7.82 Å². The Labute approximate surface area is 181 Å². The minimum atomic E-state index is -4.38. The quantitative estimate of drug-likeness (QED) is 0.125. The molecule has 0 radical (unpaired) electrons. The normalized spacial score (nSPS) is 13.1. The van der Waals surface area contributed by atoms with Gasteiger partial charge in [-0.15, -0.1) is 0 Å². The first-order chi connectivity index (χ1) is 14.0. The van der Waals surface area contributed by atoms with Crippen molar-refractivity contribution in [2.24, 2.45) is 0 Å². The van der Waals surface area contributed by atoms with Crippen LogP contribution in [0.3, 0.4) is 0 Å². The van der Waals surface area contributed by atoms with Gasteiger partial charge in [0.2, 0.25) is 0 Å². The van der Waals surface area contributed by atoms with E-state index in [1.165, 1.54) is 96.3 Å². The molecule has 0 fully saturated rings. The number of unbranched alkanes of at least 4 members (excludes halogenated alkanes) is 17. The molecule has 0 rings (SSSR count). The second-order valence-corrected chi connectivity index (χ2v) is 10.00. The van der Waals surface area contributed by atoms with Crippen LogP contribution < -0.4 is 0 Å². The van der Waals surface area contributed by atoms with E-state index in [1.807, 2.05) is 0 Å². The molecule has 0 aliphatic heterocycles. The third-order valence-electron chi connectivity index (χ3n) is 5.80. The van der Waals surface area contributed by atoms with Gasteiger partial charge < -0.3 is 9.79 Å². The average Bonchev–Trinajstić information content (AvgIpc) is 2.66. The molecule has 0 spiro atoms. The largest absolute Gasteiger partial charge is 0.469 e. The van der Waals surface area contributed by atoms with Crippen molar-refractivity contribution >= 4 is 7.82 Å². The molecule has 2 N–H and O–H groups in total. The van der Waals surface area contributed by atoms with E-state index in [-0.39, 0.29) is 6.10 Å². The Bertz CT molecular complexity index is 370. The lowest BCUT2D eigenvalue weighted by Gasteiger charge is -2.18. The number of hydrogen-bond donors (Lipinski definition) is 2. The van der Waals surface area contributed by atoms with Gasteiger partial charge in [-0.3, -0.25) is 4.52 Å². The van der Waals surface area contributed by atoms with Crippen molar-refractivity contribution in [3.8, 4) is 0 Å². The molecule has 0 amide bonds. The molecule has 4 nitrogen and oxygen atoms in total. The van der Waals surface area contributed by atoms with E-state index in [9.17, 15) is 14.4 Å². The first-order valence-electron chi connectivity index (χ1n) is 12.7. The molecular weight excluding hydrogens is 383 g/mol. The second-order valence-electron chi connectivity index (χ2n) is 8.81. The molecule has 0 saturated heterocycles. The molecule has 176 valence electrons. The highest BCUT2D eigenvalue weighted by molar-refractivity contribution is 7.46. The lowest BCUT2D eigenvalue weighted by molar-refractivity contribution is 0.115. The van der Waals surface area contributed by atoms with E-state index in [0.717, 1.165) is 38.5 Å². The van der Waals surface area contributed by atoms with Crippen molar-refractivity contribution in [2.45, 2.75) is 155 Å². The van der Waals surface area contributed by atoms with Gasteiger partial charge in [-0.2, -0.15) is 0 Å². The van der Waals surface area contributed by atoms with Crippen LogP contribution in [0.5, 0.6) is 0 Å². The van der Waals surface area contributed by atoms with Crippen LogP contribution in [0.4, 0.5) is 0 Å². The number of phosphoric ester groups is 1. The fraction of sp³-hybridized carbons (Fsp3) is 1.00. The van der Waals surface area contributed by atoms with Crippen LogP contribution in [0.1, 0.15) is 149 Å². The minimum Gasteiger partial charge on any atom is -0.303 e. The molecule has 0 heterocycles. The summed E-state index contributed by atoms with van der Waals surface area (Å²) in [5, 5.41) is 0. The van der Waals surface area contributed by atoms with E-state index >= 15 is 0 Å². The van der Waals surface area contributed by atoms with Gasteiger partial charge in [0, 0.05) is 0 Å². The summed E-state index contributed by atoms with van der Waals surface area (Å²) in [6, 6.07) is 0. The number of rotatable bonds is 23. The van der Waals surface area contributed by atoms with Gasteiger partial charge in [0.25, 0.3) is 0 Å². The maximum Gasteiger partial charge on any atom is 0.469 e. The smallest absolute Gasteiger partial charge is 0.303 e. The highest BCUT2D eigenvalue weighted by Gasteiger charge is 2.21. The van der Waals surface area contributed by atoms with E-state index in [2.05, 4.69) is 13.8 Å². The molecule has 0 saturated carbocycles. The first-order valence-corrected chi connectivity index (χ1v) is 14.3. The zero-order valence-electron chi connectivity index (χ0n) is 19.6. The maximum atomic E-state index is 11.3. The molecule has 0 aromatic carbocycles. The van der Waals surface area contributed by atoms with Gasteiger partial charge in [-0.05, 0) is 12.8 Å². The Morgan fingerprint density at radius 1 is 0.552 bits per heavy atom. The van der Waals surface area contributed by atoms with Gasteiger partial charge in [0.15, 0.2) is 0 Å². The Kier molecular flexibility index (Phi) is 21.4. The van der Waals surface area contributed by atoms with Crippen molar-refractivity contribution in [3.63, 3.8) is 0 Å². The predicted molar refractivity (Wildman–Crippen MR) is 125 cm³/mol. The molecular formula is C24H51O4P. The summed E-state index contributed by atoms with van der Waals surface area (Å²) in [6.45, 7) is 4.49. The Hall–Kier alpha value is 0.110. The Balaban J connectivity index is 3.72. The monoisotopic (exact) mass is 434 g/mol. The van der Waals surface area contributed by atoms with Crippen LogP contribution in [-0.2, 0) is 9.09 Å². The molecule has 0 aromatic rings. The summed E-state index contributed by atoms with van der Waals surface area (Å²) < 4.78 is 16.3. The zero-order valence-corrected chi connectivity index (χ0v) is 20.5. The second kappa shape index (κ2) is 21.3. The minimum absolute atomic E-state index is 0.283. The van der Waals surface area contributed by atoms with Crippen LogP contribution in [-0.4, -0.2) is 15.9 Å². The maximum absolute atomic E-state index is 11.3. The summed E-state index contributed by atoms with van der Waals surface area (Å²) in [4.78, 5) is 18.4. The molecule has 1 atom stereocenters. The van der Waals surface area contributed by atoms with Gasteiger partial charge in [-0.1, -0.05) is 136 Å². The molecule has 29 heavy (non-hydrogen) atoms. The molecule has 0 aliphatic rings. The van der Waals surface area contributed by atoms with Crippen LogP contribution in [0.25, 0.3) is 0 Å². The fourth-order valence-corrected chi connectivity index (χ4v) is 4.59. The van der Waals surface area contributed by atoms with Gasteiger partial charge in [-0.25, -0.2) is 4.57 Å². The number of phosphoric acid groups is 1. The standard InChI is InChI=1S/C24H51O4P/c1-3-5-7-9-11-13-15-17-19-21-23-24(28-29(25,26)27)22-20-18-16-14-12-10-8-6-4-2/h24H,3-23H2,1-2H3,(H2,25,26,27). The SMILES string of the molecule is CCCCCCCCCCCCC(CCCCCCCCCCC)OP(=O)(O)O. The van der Waals surface area contributed by atoms with E-state index in [1.54, 1.807) is 0 Å². The third kappa shape index (κ3) is 24.3. The summed E-state index contributed by atoms with van der Waals surface area (Å²) >= 11 is 0. The van der Waals surface area contributed by atoms with Crippen molar-refractivity contribution in [2.75, 3.05) is 0 Å². The fourth-order valence-electron chi connectivity index (χ4n) is 3.99. The third-order valence-corrected chi connectivity index (χ3v) is 6.37. The van der Waals surface area contributed by atoms with Gasteiger partial charge in [0.05, 0.1) is 6.10 Å². The molecule has 0 bridgehead atoms. The van der Waals surface area contributed by atoms with Crippen LogP contribution in [0.2, 0.25) is 0 Å². The summed E-state index contributed by atoms with van der Waals surface area (Å²) in [7, 11) is -4.38. The van der Waals surface area contributed by atoms with Crippen LogP contribution in [0, 0.1) is 0 Å². The van der Waals surface area contributed by atoms with Crippen molar-refractivity contribution in [1.82, 2.24) is 0 Å². The molecule has 5 heteroatoms. The van der Waals surface area contributed by atoms with E-state index < -0.39 is 7.82 Å². The highest BCUT2D eigenvalue weighted by Crippen LogP contribution is 2.39. The zero-order chi connectivity index (χ0) is 21.6. The lowest BCUT2D eigenvalue weighted by Crippen LogP contribution is -2.11. The summed E-state index contributed by atoms with van der Waals surface area (Å²) in [5.41, 5.74) is 0. The topological polar surface area (TPSA) is 66.8 Å². The Morgan fingerprint density at radius 2 is 0.828 bits per heavy atom. The average molecular weight is 435 g/mol. The molecule has 1 unspecified atom stereocenters. The molecule has 0 aliphatic carbocycles. The lowest BCUT2D eigenvalue weighted by atomic mass is 10.0. The van der Waals surface area contributed by atoms with Crippen molar-refractivity contribution in [3.05, 3.63) is 0 Å². The first kappa shape index (κ1) is 29.1. The van der Waals surface area contributed by atoms with E-state index in [0.29, 0.717) is 0 Å². The van der Waals surface area contributed by atoms with Crippen molar-refractivity contribution < 1.29 is 18.9 Å². The van der Waals surface area contributed by atoms with Gasteiger partial charge >= 0.3 is 7.82 Å². The van der Waals surface area contributed by atoms with E-state index in [4.69, 9.17) is 4.52 Å².